The molecule has 0 bridgehead atoms. The van der Waals surface area contributed by atoms with E-state index in [2.05, 4.69) is 20.3 Å². The van der Waals surface area contributed by atoms with Crippen LogP contribution in [0.2, 0.25) is 0 Å². The van der Waals surface area contributed by atoms with Crippen molar-refractivity contribution in [3.8, 4) is 0 Å². The average Bonchev–Trinajstić information content (AvgIpc) is 3.39. The number of rotatable bonds is 8. The molecule has 170 valence electrons. The van der Waals surface area contributed by atoms with E-state index < -0.39 is 60.4 Å². The Balaban J connectivity index is 0.00000272. The molecule has 15 nitrogen and oxygen atoms in total. The number of nitrogens with one attached hydrogen (secondary N) is 1. The summed E-state index contributed by atoms with van der Waals surface area (Å²) in [6.07, 6.45) is -0.569. The molecule has 1 aromatic rings. The Kier molecular flexibility index (Phi) is 10.7. The summed E-state index contributed by atoms with van der Waals surface area (Å²) in [5.41, 5.74) is 2.68. The number of nitrogens with zero attached hydrogens (tertiary/aromatic N) is 3. The third-order valence-electron chi connectivity index (χ3n) is 4.11. The zero-order valence-corrected chi connectivity index (χ0v) is 16.3. The van der Waals surface area contributed by atoms with Crippen molar-refractivity contribution in [1.82, 2.24) is 15.4 Å². The number of carboxylic acid groups (broad SMARTS) is 2. The molecule has 2 fully saturated rings. The van der Waals surface area contributed by atoms with Crippen LogP contribution in [0.4, 0.5) is 5.13 Å². The van der Waals surface area contributed by atoms with Gasteiger partial charge in [0.2, 0.25) is 6.61 Å². The number of nitrogens with two attached hydrogens (primary N) is 1. The summed E-state index contributed by atoms with van der Waals surface area (Å²) in [6.45, 7) is -1.30. The molecule has 33 heavy (non-hydrogen) atoms. The molecular formula is C15H17N5Na2O10S. The Hall–Kier alpha value is -1.79. The molecule has 18 heteroatoms. The third-order valence-corrected chi connectivity index (χ3v) is 4.78. The first-order chi connectivity index (χ1) is 14.6. The summed E-state index contributed by atoms with van der Waals surface area (Å²) >= 11 is 0.974. The van der Waals surface area contributed by atoms with Crippen LogP contribution in [0, 0.1) is 0 Å². The van der Waals surface area contributed by atoms with Crippen molar-refractivity contribution in [2.75, 3.05) is 18.9 Å². The second-order valence-electron chi connectivity index (χ2n) is 6.20. The molecular weight excluding hydrogens is 488 g/mol. The number of carboxylic acids is 2. The van der Waals surface area contributed by atoms with Crippen LogP contribution in [0.5, 0.6) is 0 Å². The number of hydrogen-bond acceptors (Lipinski definition) is 12. The number of hydrogen-bond donors (Lipinski definition) is 4. The number of oxime groups is 1. The molecule has 2 aliphatic heterocycles. The summed E-state index contributed by atoms with van der Waals surface area (Å²) in [6, 6.07) is -1.36. The van der Waals surface area contributed by atoms with Gasteiger partial charge in [-0.25, -0.2) is 14.6 Å². The number of ether oxygens (including phenoxy) is 1. The summed E-state index contributed by atoms with van der Waals surface area (Å²) in [5.74, 6) is -5.75. The molecule has 0 spiro atoms. The van der Waals surface area contributed by atoms with E-state index in [9.17, 15) is 29.1 Å². The number of aromatic nitrogens is 1. The van der Waals surface area contributed by atoms with E-state index in [4.69, 9.17) is 20.4 Å². The molecule has 2 amide bonds. The Morgan fingerprint density at radius 3 is 2.58 bits per heavy atom. The molecule has 2 saturated heterocycles. The Labute approximate surface area is 233 Å². The van der Waals surface area contributed by atoms with Gasteiger partial charge in [-0.15, -0.1) is 11.3 Å². The number of aliphatic carboxylic acids is 2. The number of amides is 2. The number of hydroxylamine groups is 2. The van der Waals surface area contributed by atoms with Crippen LogP contribution in [0.3, 0.4) is 0 Å². The first-order valence-corrected chi connectivity index (χ1v) is 9.38. The van der Waals surface area contributed by atoms with Crippen molar-refractivity contribution in [2.45, 2.75) is 24.6 Å². The number of carbonyl (C=O) groups excluding carboxylic acids is 3. The number of thiazole rings is 1. The van der Waals surface area contributed by atoms with E-state index in [0.717, 1.165) is 11.3 Å². The van der Waals surface area contributed by atoms with Gasteiger partial charge in [-0.05, 0) is 0 Å². The van der Waals surface area contributed by atoms with E-state index in [1.807, 2.05) is 0 Å². The number of esters is 1. The van der Waals surface area contributed by atoms with Crippen molar-refractivity contribution >= 4 is 111 Å². The zero-order valence-electron chi connectivity index (χ0n) is 15.5. The van der Waals surface area contributed by atoms with Crippen molar-refractivity contribution in [3.63, 3.8) is 0 Å². The van der Waals surface area contributed by atoms with E-state index in [0.29, 0.717) is 5.06 Å². The van der Waals surface area contributed by atoms with Crippen molar-refractivity contribution in [1.29, 1.82) is 0 Å². The van der Waals surface area contributed by atoms with Gasteiger partial charge >= 0.3 is 82.7 Å². The minimum absolute atomic E-state index is 0. The van der Waals surface area contributed by atoms with Crippen LogP contribution < -0.4 is 11.1 Å². The zero-order chi connectivity index (χ0) is 22.8. The van der Waals surface area contributed by atoms with Crippen LogP contribution in [-0.2, 0) is 38.4 Å². The predicted molar refractivity (Wildman–Crippen MR) is 111 cm³/mol. The normalized spacial score (nSPS) is 22.1. The summed E-state index contributed by atoms with van der Waals surface area (Å²) in [7, 11) is 0. The molecule has 2 aliphatic rings. The molecule has 0 aromatic carbocycles. The van der Waals surface area contributed by atoms with Gasteiger partial charge in [0.15, 0.2) is 10.8 Å². The van der Waals surface area contributed by atoms with E-state index in [1.165, 1.54) is 5.38 Å². The molecule has 0 radical (unpaired) electrons. The van der Waals surface area contributed by atoms with Gasteiger partial charge in [0.1, 0.15) is 18.3 Å². The van der Waals surface area contributed by atoms with Gasteiger partial charge < -0.3 is 30.8 Å². The van der Waals surface area contributed by atoms with Crippen LogP contribution in [0.25, 0.3) is 0 Å². The van der Waals surface area contributed by atoms with Crippen molar-refractivity contribution < 1.29 is 48.6 Å². The van der Waals surface area contributed by atoms with Crippen LogP contribution in [0.1, 0.15) is 18.5 Å². The number of anilines is 1. The fraction of sp³-hybridized carbons (Fsp3) is 0.400. The number of cyclic esters (lactones) is 1. The Morgan fingerprint density at radius 1 is 1.36 bits per heavy atom. The van der Waals surface area contributed by atoms with Gasteiger partial charge in [-0.1, -0.05) is 5.16 Å². The summed E-state index contributed by atoms with van der Waals surface area (Å²) < 4.78 is 4.82. The standard InChI is InChI=1S/C15H15N5O10S.2Na.2H/c16-14-18-7(5-31-14)10(19-28-4-8(21)22)11(24)17-6-3-29-20(12(6)25)15(13(26)27)2-1-9(23)30-15;;;;/h5-6H,1-4H2,(H2,16,18)(H,17,24)(H,21,22)(H,26,27);;;;/t6-,15?;;;;/m0..../s1. The molecule has 1 unspecified atom stereocenters. The van der Waals surface area contributed by atoms with Gasteiger partial charge in [-0.3, -0.25) is 19.2 Å². The maximum absolute atomic E-state index is 12.7. The SMILES string of the molecule is Nc1nc(C(=NOCC(=O)O)C(=O)N[C@H]2CON(C3(C(=O)O)CCC(=O)O3)C2=O)cs1.[NaH].[NaH]. The second kappa shape index (κ2) is 12.1. The fourth-order valence-electron chi connectivity index (χ4n) is 2.73. The third kappa shape index (κ3) is 6.42. The van der Waals surface area contributed by atoms with Crippen LogP contribution in [0.15, 0.2) is 10.5 Å². The summed E-state index contributed by atoms with van der Waals surface area (Å²) in [5, 5.41) is 25.7. The Morgan fingerprint density at radius 2 is 2.06 bits per heavy atom. The molecule has 1 aromatic heterocycles. The van der Waals surface area contributed by atoms with Gasteiger partial charge in [0.25, 0.3) is 11.8 Å². The first-order valence-electron chi connectivity index (χ1n) is 8.50. The number of nitrogen functional groups attached to an aromatic ring is 1. The van der Waals surface area contributed by atoms with Gasteiger partial charge in [0, 0.05) is 11.8 Å². The number of carbonyl (C=O) groups is 5. The van der Waals surface area contributed by atoms with Crippen molar-refractivity contribution in [3.05, 3.63) is 11.1 Å². The fourth-order valence-corrected chi connectivity index (χ4v) is 3.28. The van der Waals surface area contributed by atoms with E-state index in [-0.39, 0.29) is 82.8 Å². The average molecular weight is 505 g/mol. The topological polar surface area (TPSA) is 220 Å². The summed E-state index contributed by atoms with van der Waals surface area (Å²) in [4.78, 5) is 72.6. The van der Waals surface area contributed by atoms with E-state index >= 15 is 0 Å². The van der Waals surface area contributed by atoms with Crippen LogP contribution >= 0.6 is 11.3 Å². The minimum atomic E-state index is -2.33. The predicted octanol–water partition coefficient (Wildman–Crippen LogP) is -3.39. The molecule has 3 heterocycles. The molecule has 0 saturated carbocycles. The van der Waals surface area contributed by atoms with Crippen molar-refractivity contribution in [2.24, 2.45) is 5.16 Å². The van der Waals surface area contributed by atoms with Gasteiger partial charge in [-0.2, -0.15) is 5.06 Å². The molecule has 5 N–H and O–H groups in total. The quantitative estimate of drug-likeness (QED) is 0.118. The van der Waals surface area contributed by atoms with Gasteiger partial charge in [0.05, 0.1) is 6.42 Å². The molecule has 0 aliphatic carbocycles. The first kappa shape index (κ1) is 29.2. The van der Waals surface area contributed by atoms with E-state index in [1.54, 1.807) is 0 Å². The Bertz CT molecular complexity index is 988. The maximum atomic E-state index is 12.7. The van der Waals surface area contributed by atoms with Crippen LogP contribution in [-0.4, -0.2) is 140 Å². The molecule has 3 rings (SSSR count). The molecule has 2 atom stereocenters. The monoisotopic (exact) mass is 505 g/mol. The second-order valence-corrected chi connectivity index (χ2v) is 7.09.